The second-order valence-corrected chi connectivity index (χ2v) is 8.25. The molecule has 0 spiro atoms. The Morgan fingerprint density at radius 2 is 1.93 bits per heavy atom. The third-order valence-corrected chi connectivity index (χ3v) is 5.39. The molecule has 1 fully saturated rings. The van der Waals surface area contributed by atoms with Gasteiger partial charge in [0.05, 0.1) is 12.9 Å². The van der Waals surface area contributed by atoms with E-state index >= 15 is 0 Å². The first-order valence-electron chi connectivity index (χ1n) is 9.16. The molecule has 2 heterocycles. The molecule has 158 valence electrons. The van der Waals surface area contributed by atoms with E-state index in [1.54, 1.807) is 25.1 Å². The molecule has 1 saturated heterocycles. The Bertz CT molecular complexity index is 743. The van der Waals surface area contributed by atoms with Gasteiger partial charge in [-0.25, -0.2) is 8.42 Å². The summed E-state index contributed by atoms with van der Waals surface area (Å²) in [7, 11) is -3.67. The number of carbonyl (C=O) groups excluding carboxylic acids is 1. The fraction of sp³-hybridized carbons (Fsp3) is 0.611. The zero-order valence-corrected chi connectivity index (χ0v) is 17.1. The molecular weight excluding hydrogens is 388 g/mol. The zero-order valence-electron chi connectivity index (χ0n) is 16.3. The van der Waals surface area contributed by atoms with Crippen molar-refractivity contribution in [1.82, 2.24) is 4.31 Å². The van der Waals surface area contributed by atoms with Gasteiger partial charge in [-0.05, 0) is 37.5 Å². The lowest BCUT2D eigenvalue weighted by Crippen LogP contribution is -2.49. The molecule has 0 bridgehead atoms. The van der Waals surface area contributed by atoms with Crippen molar-refractivity contribution in [1.29, 1.82) is 0 Å². The predicted octanol–water partition coefficient (Wildman–Crippen LogP) is 0.864. The summed E-state index contributed by atoms with van der Waals surface area (Å²) in [5.41, 5.74) is 6.25. The van der Waals surface area contributed by atoms with Crippen molar-refractivity contribution in [3.63, 3.8) is 0 Å². The normalized spacial score (nSPS) is 16.4. The Morgan fingerprint density at radius 1 is 1.25 bits per heavy atom. The zero-order chi connectivity index (χ0) is 20.6. The van der Waals surface area contributed by atoms with E-state index in [2.05, 4.69) is 0 Å². The smallest absolute Gasteiger partial charge is 0.325 e. The number of nitrogens with zero attached hydrogens (tertiary/aromatic N) is 1. The van der Waals surface area contributed by atoms with Crippen LogP contribution in [0.15, 0.2) is 18.2 Å². The summed E-state index contributed by atoms with van der Waals surface area (Å²) >= 11 is 0. The van der Waals surface area contributed by atoms with E-state index in [1.807, 2.05) is 0 Å². The molecular formula is C18H28N2O7S. The molecule has 0 radical (unpaired) electrons. The molecule has 2 aliphatic rings. The van der Waals surface area contributed by atoms with Gasteiger partial charge in [0.15, 0.2) is 11.5 Å². The maximum atomic E-state index is 12.1. The number of benzene rings is 1. The summed E-state index contributed by atoms with van der Waals surface area (Å²) in [6, 6.07) is 4.01. The Labute approximate surface area is 165 Å². The number of carbonyl (C=O) groups is 1. The van der Waals surface area contributed by atoms with Gasteiger partial charge in [-0.1, -0.05) is 6.07 Å². The average Bonchev–Trinajstić information content (AvgIpc) is 3.35. The monoisotopic (exact) mass is 416 g/mol. The summed E-state index contributed by atoms with van der Waals surface area (Å²) in [6.07, 6.45) is 3.59. The molecule has 0 unspecified atom stereocenters. The van der Waals surface area contributed by atoms with Crippen molar-refractivity contribution < 1.29 is 32.2 Å². The van der Waals surface area contributed by atoms with Crippen LogP contribution in [0.25, 0.3) is 0 Å². The van der Waals surface area contributed by atoms with Gasteiger partial charge in [-0.3, -0.25) is 4.79 Å². The number of esters is 1. The maximum absolute atomic E-state index is 12.1. The average molecular weight is 416 g/mol. The number of hydrogen-bond donors (Lipinski definition) is 1. The summed E-state index contributed by atoms with van der Waals surface area (Å²) < 4.78 is 45.5. The second kappa shape index (κ2) is 10.6. The SMILES string of the molecule is C1CCOC1.CCOC(=O)[C@@H](CN)N(Cc1ccc2c(c1)OCO2)S(C)(=O)=O. The molecule has 0 aromatic heterocycles. The lowest BCUT2D eigenvalue weighted by molar-refractivity contribution is -0.147. The van der Waals surface area contributed by atoms with E-state index in [9.17, 15) is 13.2 Å². The van der Waals surface area contributed by atoms with E-state index < -0.39 is 22.0 Å². The number of ether oxygens (including phenoxy) is 4. The lowest BCUT2D eigenvalue weighted by atomic mass is 10.2. The highest BCUT2D eigenvalue weighted by atomic mass is 32.2. The van der Waals surface area contributed by atoms with Gasteiger partial charge < -0.3 is 24.7 Å². The first-order chi connectivity index (χ1) is 13.4. The van der Waals surface area contributed by atoms with Crippen LogP contribution in [0.1, 0.15) is 25.3 Å². The van der Waals surface area contributed by atoms with Gasteiger partial charge >= 0.3 is 5.97 Å². The quantitative estimate of drug-likeness (QED) is 0.651. The summed E-state index contributed by atoms with van der Waals surface area (Å²) in [4.78, 5) is 12.0. The standard InChI is InChI=1S/C14H20N2O6S.C4H8O/c1-3-20-14(17)11(7-15)16(23(2,18)19)8-10-4-5-12-13(6-10)22-9-21-12;1-2-4-5-3-1/h4-6,11H,3,7-9,15H2,1-2H3;1-4H2/t11-;/m1./s1. The van der Waals surface area contributed by atoms with Gasteiger partial charge in [0.25, 0.3) is 0 Å². The Morgan fingerprint density at radius 3 is 2.46 bits per heavy atom. The van der Waals surface area contributed by atoms with E-state index in [-0.39, 0.29) is 26.5 Å². The Balaban J connectivity index is 0.000000485. The highest BCUT2D eigenvalue weighted by molar-refractivity contribution is 7.88. The number of rotatable bonds is 7. The van der Waals surface area contributed by atoms with E-state index in [4.69, 9.17) is 24.7 Å². The van der Waals surface area contributed by atoms with Crippen LogP contribution in [-0.4, -0.2) is 64.1 Å². The number of fused-ring (bicyclic) bond motifs is 1. The van der Waals surface area contributed by atoms with Crippen LogP contribution in [-0.2, 0) is 30.8 Å². The molecule has 0 amide bonds. The lowest BCUT2D eigenvalue weighted by Gasteiger charge is -2.27. The van der Waals surface area contributed by atoms with Crippen molar-refractivity contribution in [2.75, 3.05) is 39.4 Å². The minimum Gasteiger partial charge on any atom is -0.465 e. The topological polar surface area (TPSA) is 117 Å². The first-order valence-corrected chi connectivity index (χ1v) is 11.0. The summed E-state index contributed by atoms with van der Waals surface area (Å²) in [5, 5.41) is 0. The Kier molecular flexibility index (Phi) is 8.49. The molecule has 1 aromatic rings. The van der Waals surface area contributed by atoms with Gasteiger partial charge in [0.2, 0.25) is 16.8 Å². The molecule has 0 saturated carbocycles. The summed E-state index contributed by atoms with van der Waals surface area (Å²) in [6.45, 7) is 3.74. The number of hydrogen-bond acceptors (Lipinski definition) is 8. The van der Waals surface area contributed by atoms with Gasteiger partial charge in [0, 0.05) is 26.3 Å². The molecule has 0 aliphatic carbocycles. The van der Waals surface area contributed by atoms with Gasteiger partial charge in [-0.2, -0.15) is 4.31 Å². The second-order valence-electron chi connectivity index (χ2n) is 6.32. The van der Waals surface area contributed by atoms with Crippen molar-refractivity contribution >= 4 is 16.0 Å². The van der Waals surface area contributed by atoms with Crippen LogP contribution in [0.5, 0.6) is 11.5 Å². The maximum Gasteiger partial charge on any atom is 0.325 e. The largest absolute Gasteiger partial charge is 0.465 e. The molecule has 9 nitrogen and oxygen atoms in total. The molecule has 1 aromatic carbocycles. The first kappa shape index (κ1) is 22.4. The van der Waals surface area contributed by atoms with Crippen molar-refractivity contribution in [2.45, 2.75) is 32.4 Å². The van der Waals surface area contributed by atoms with Crippen molar-refractivity contribution in [3.05, 3.63) is 23.8 Å². The van der Waals surface area contributed by atoms with Crippen molar-refractivity contribution in [2.24, 2.45) is 5.73 Å². The molecule has 28 heavy (non-hydrogen) atoms. The minimum atomic E-state index is -3.67. The van der Waals surface area contributed by atoms with Crippen molar-refractivity contribution in [3.8, 4) is 11.5 Å². The van der Waals surface area contributed by atoms with Crippen LogP contribution in [0, 0.1) is 0 Å². The van der Waals surface area contributed by atoms with Crippen LogP contribution >= 0.6 is 0 Å². The highest BCUT2D eigenvalue weighted by Gasteiger charge is 2.33. The van der Waals surface area contributed by atoms with Crippen LogP contribution < -0.4 is 15.2 Å². The highest BCUT2D eigenvalue weighted by Crippen LogP contribution is 2.33. The molecule has 2 aliphatic heterocycles. The van der Waals surface area contributed by atoms with Gasteiger partial charge in [-0.15, -0.1) is 0 Å². The third kappa shape index (κ3) is 6.33. The van der Waals surface area contributed by atoms with Crippen LogP contribution in [0.3, 0.4) is 0 Å². The Hall–Kier alpha value is -1.88. The fourth-order valence-corrected chi connectivity index (χ4v) is 3.78. The number of nitrogens with two attached hydrogens (primary N) is 1. The van der Waals surface area contributed by atoms with Crippen LogP contribution in [0.4, 0.5) is 0 Å². The fourth-order valence-electron chi connectivity index (χ4n) is 2.76. The minimum absolute atomic E-state index is 0.0177. The van der Waals surface area contributed by atoms with E-state index in [0.29, 0.717) is 17.1 Å². The third-order valence-electron chi connectivity index (χ3n) is 4.16. The summed E-state index contributed by atoms with van der Waals surface area (Å²) in [5.74, 6) is 0.470. The molecule has 2 N–H and O–H groups in total. The van der Waals surface area contributed by atoms with E-state index in [1.165, 1.54) is 12.8 Å². The number of sulfonamides is 1. The molecule has 3 rings (SSSR count). The van der Waals surface area contributed by atoms with Crippen LogP contribution in [0.2, 0.25) is 0 Å². The molecule has 10 heteroatoms. The predicted molar refractivity (Wildman–Crippen MR) is 102 cm³/mol. The van der Waals surface area contributed by atoms with E-state index in [0.717, 1.165) is 23.8 Å². The molecule has 1 atom stereocenters. The van der Waals surface area contributed by atoms with Gasteiger partial charge in [0.1, 0.15) is 6.04 Å².